The third kappa shape index (κ3) is 1.39. The fourth-order valence-corrected chi connectivity index (χ4v) is 1.56. The number of likely N-dealkylation sites (N-methyl/N-ethyl adjacent to an activating group) is 1. The van der Waals surface area contributed by atoms with Gasteiger partial charge in [0.2, 0.25) is 0 Å². The van der Waals surface area contributed by atoms with Crippen LogP contribution in [0.4, 0.5) is 0 Å². The van der Waals surface area contributed by atoms with Gasteiger partial charge in [-0.1, -0.05) is 24.3 Å². The molecule has 0 radical (unpaired) electrons. The molecule has 2 heteroatoms. The van der Waals surface area contributed by atoms with Gasteiger partial charge in [-0.05, 0) is 19.1 Å². The second-order valence-electron chi connectivity index (χ2n) is 3.33. The number of allylic oxidation sites excluding steroid dienone is 6. The van der Waals surface area contributed by atoms with E-state index in [0.29, 0.717) is 6.17 Å². The van der Waals surface area contributed by atoms with Crippen molar-refractivity contribution in [3.63, 3.8) is 0 Å². The van der Waals surface area contributed by atoms with Gasteiger partial charge < -0.3 is 10.2 Å². The Kier molecular flexibility index (Phi) is 1.97. The van der Waals surface area contributed by atoms with E-state index in [2.05, 4.69) is 48.5 Å². The number of nitrogens with zero attached hydrogens (tertiary/aromatic N) is 1. The lowest BCUT2D eigenvalue weighted by atomic mass is 10.2. The van der Waals surface area contributed by atoms with Crippen LogP contribution in [0, 0.1) is 0 Å². The Morgan fingerprint density at radius 1 is 1.15 bits per heavy atom. The summed E-state index contributed by atoms with van der Waals surface area (Å²) in [5.74, 6) is 0. The number of hydrogen-bond acceptors (Lipinski definition) is 2. The van der Waals surface area contributed by atoms with Crippen molar-refractivity contribution in [1.29, 1.82) is 0 Å². The van der Waals surface area contributed by atoms with Gasteiger partial charge in [-0.25, -0.2) is 0 Å². The molecule has 2 nitrogen and oxygen atoms in total. The second kappa shape index (κ2) is 3.13. The zero-order valence-electron chi connectivity index (χ0n) is 7.99. The smallest absolute Gasteiger partial charge is 0.0959 e. The van der Waals surface area contributed by atoms with E-state index < -0.39 is 0 Å². The van der Waals surface area contributed by atoms with E-state index in [4.69, 9.17) is 0 Å². The van der Waals surface area contributed by atoms with Crippen LogP contribution in [0.2, 0.25) is 0 Å². The maximum Gasteiger partial charge on any atom is 0.0959 e. The van der Waals surface area contributed by atoms with Crippen LogP contribution in [0.25, 0.3) is 0 Å². The molecular weight excluding hydrogens is 160 g/mol. The van der Waals surface area contributed by atoms with Crippen LogP contribution < -0.4 is 5.32 Å². The highest BCUT2D eigenvalue weighted by Gasteiger charge is 2.23. The molecule has 2 aliphatic rings. The first-order valence-corrected chi connectivity index (χ1v) is 4.54. The van der Waals surface area contributed by atoms with Crippen molar-refractivity contribution in [2.45, 2.75) is 13.1 Å². The molecule has 0 spiro atoms. The Morgan fingerprint density at radius 2 is 1.85 bits per heavy atom. The van der Waals surface area contributed by atoms with E-state index in [0.717, 1.165) is 0 Å². The lowest BCUT2D eigenvalue weighted by Crippen LogP contribution is -2.28. The van der Waals surface area contributed by atoms with E-state index in [1.54, 1.807) is 0 Å². The molecule has 1 aliphatic carbocycles. The summed E-state index contributed by atoms with van der Waals surface area (Å²) < 4.78 is 0. The standard InChI is InChI=1S/C11H14N2/c1-9-12-10-7-5-3-4-6-8-11(10)13(9)2/h3-9,12H,1-2H3/b4-3?,5-3-,6-4-,7-5?,8-6?,10-7+,11-8+. The molecule has 0 aromatic heterocycles. The van der Waals surface area contributed by atoms with Gasteiger partial charge in [-0.3, -0.25) is 0 Å². The molecule has 1 N–H and O–H groups in total. The molecule has 0 amide bonds. The SMILES string of the molecule is CC1NC2=C/C=C\C=C/C=C\2N1C. The normalized spacial score (nSPS) is 38.6. The number of fused-ring (bicyclic) bond motifs is 1. The largest absolute Gasteiger partial charge is 0.364 e. The lowest BCUT2D eigenvalue weighted by molar-refractivity contribution is 0.353. The van der Waals surface area contributed by atoms with Crippen molar-refractivity contribution >= 4 is 0 Å². The molecule has 0 aromatic carbocycles. The minimum Gasteiger partial charge on any atom is -0.364 e. The summed E-state index contributed by atoms with van der Waals surface area (Å²) in [6.45, 7) is 2.15. The van der Waals surface area contributed by atoms with Crippen molar-refractivity contribution in [3.8, 4) is 0 Å². The Hall–Kier alpha value is -1.44. The first kappa shape index (κ1) is 8.17. The van der Waals surface area contributed by atoms with Gasteiger partial charge in [0.1, 0.15) is 0 Å². The van der Waals surface area contributed by atoms with Gasteiger partial charge in [0, 0.05) is 7.05 Å². The van der Waals surface area contributed by atoms with E-state index >= 15 is 0 Å². The van der Waals surface area contributed by atoms with Crippen molar-refractivity contribution in [1.82, 2.24) is 10.2 Å². The second-order valence-corrected chi connectivity index (χ2v) is 3.33. The molecule has 0 saturated carbocycles. The van der Waals surface area contributed by atoms with Crippen LogP contribution in [-0.2, 0) is 0 Å². The summed E-state index contributed by atoms with van der Waals surface area (Å²) >= 11 is 0. The molecule has 68 valence electrons. The maximum atomic E-state index is 3.41. The fourth-order valence-electron chi connectivity index (χ4n) is 1.56. The molecular formula is C11H14N2. The average Bonchev–Trinajstić information content (AvgIpc) is 2.31. The summed E-state index contributed by atoms with van der Waals surface area (Å²) in [5.41, 5.74) is 2.46. The van der Waals surface area contributed by atoms with E-state index in [1.165, 1.54) is 11.4 Å². The Morgan fingerprint density at radius 3 is 2.62 bits per heavy atom. The van der Waals surface area contributed by atoms with E-state index in [1.807, 2.05) is 12.2 Å². The summed E-state index contributed by atoms with van der Waals surface area (Å²) in [4.78, 5) is 2.23. The average molecular weight is 174 g/mol. The molecule has 0 bridgehead atoms. The minimum absolute atomic E-state index is 0.386. The van der Waals surface area contributed by atoms with Crippen LogP contribution in [-0.4, -0.2) is 18.1 Å². The van der Waals surface area contributed by atoms with Crippen molar-refractivity contribution in [2.75, 3.05) is 7.05 Å². The van der Waals surface area contributed by atoms with Gasteiger partial charge in [0.15, 0.2) is 0 Å². The molecule has 1 fully saturated rings. The Balaban J connectivity index is 2.38. The third-order valence-corrected chi connectivity index (χ3v) is 2.45. The van der Waals surface area contributed by atoms with Crippen molar-refractivity contribution in [2.24, 2.45) is 0 Å². The summed E-state index contributed by atoms with van der Waals surface area (Å²) in [5, 5.41) is 3.41. The lowest BCUT2D eigenvalue weighted by Gasteiger charge is -2.16. The molecule has 1 heterocycles. The van der Waals surface area contributed by atoms with E-state index in [-0.39, 0.29) is 0 Å². The highest BCUT2D eigenvalue weighted by atomic mass is 15.3. The number of nitrogens with one attached hydrogen (secondary N) is 1. The molecule has 2 rings (SSSR count). The van der Waals surface area contributed by atoms with Crippen LogP contribution in [0.15, 0.2) is 47.9 Å². The third-order valence-electron chi connectivity index (χ3n) is 2.45. The predicted octanol–water partition coefficient (Wildman–Crippen LogP) is 1.76. The first-order chi connectivity index (χ1) is 6.29. The fraction of sp³-hybridized carbons (Fsp3) is 0.273. The van der Waals surface area contributed by atoms with Crippen molar-refractivity contribution in [3.05, 3.63) is 47.9 Å². The molecule has 1 saturated heterocycles. The monoisotopic (exact) mass is 174 g/mol. The highest BCUT2D eigenvalue weighted by molar-refractivity contribution is 5.40. The van der Waals surface area contributed by atoms with E-state index in [9.17, 15) is 0 Å². The zero-order chi connectivity index (χ0) is 9.26. The van der Waals surface area contributed by atoms with Crippen molar-refractivity contribution < 1.29 is 0 Å². The number of rotatable bonds is 0. The van der Waals surface area contributed by atoms with Gasteiger partial charge in [0.05, 0.1) is 17.6 Å². The molecule has 1 atom stereocenters. The van der Waals surface area contributed by atoms with Gasteiger partial charge in [0.25, 0.3) is 0 Å². The quantitative estimate of drug-likeness (QED) is 0.602. The zero-order valence-corrected chi connectivity index (χ0v) is 7.99. The highest BCUT2D eigenvalue weighted by Crippen LogP contribution is 2.22. The molecule has 0 aromatic rings. The first-order valence-electron chi connectivity index (χ1n) is 4.54. The van der Waals surface area contributed by atoms with Crippen LogP contribution in [0.1, 0.15) is 6.92 Å². The minimum atomic E-state index is 0.386. The van der Waals surface area contributed by atoms with Crippen LogP contribution in [0.3, 0.4) is 0 Å². The summed E-state index contributed by atoms with van der Waals surface area (Å²) in [7, 11) is 2.10. The van der Waals surface area contributed by atoms with Gasteiger partial charge >= 0.3 is 0 Å². The Labute approximate surface area is 78.9 Å². The maximum absolute atomic E-state index is 3.41. The Bertz CT molecular complexity index is 321. The molecule has 1 unspecified atom stereocenters. The molecule has 13 heavy (non-hydrogen) atoms. The predicted molar refractivity (Wildman–Crippen MR) is 54.8 cm³/mol. The van der Waals surface area contributed by atoms with Gasteiger partial charge in [-0.2, -0.15) is 0 Å². The summed E-state index contributed by atoms with van der Waals surface area (Å²) in [6, 6.07) is 0. The molecule has 1 aliphatic heterocycles. The number of hydrogen-bond donors (Lipinski definition) is 1. The summed E-state index contributed by atoms with van der Waals surface area (Å²) in [6.07, 6.45) is 12.8. The van der Waals surface area contributed by atoms with Gasteiger partial charge in [-0.15, -0.1) is 0 Å². The topological polar surface area (TPSA) is 15.3 Å². The van der Waals surface area contributed by atoms with Crippen LogP contribution in [0.5, 0.6) is 0 Å². The van der Waals surface area contributed by atoms with Crippen LogP contribution >= 0.6 is 0 Å².